The normalized spacial score (nSPS) is 13.5. The van der Waals surface area contributed by atoms with Crippen molar-refractivity contribution in [2.24, 2.45) is 0 Å². The molecule has 0 spiro atoms. The van der Waals surface area contributed by atoms with Crippen molar-refractivity contribution in [1.82, 2.24) is 0 Å². The fourth-order valence-electron chi connectivity index (χ4n) is 5.59. The van der Waals surface area contributed by atoms with Crippen molar-refractivity contribution in [1.29, 1.82) is 0 Å². The molecule has 1 aliphatic heterocycles. The van der Waals surface area contributed by atoms with Gasteiger partial charge in [-0.25, -0.2) is 0 Å². The molecule has 0 fully saturated rings. The summed E-state index contributed by atoms with van der Waals surface area (Å²) in [5, 5.41) is 1.13. The van der Waals surface area contributed by atoms with Crippen LogP contribution in [0, 0.1) is 0 Å². The molecular weight excluding hydrogens is 591 g/mol. The molecule has 1 heterocycles. The first-order valence-corrected chi connectivity index (χ1v) is 15.3. The molecular formula is C33H26Cl2N2O4S. The van der Waals surface area contributed by atoms with Gasteiger partial charge in [-0.2, -0.15) is 8.42 Å². The van der Waals surface area contributed by atoms with Crippen LogP contribution in [0.25, 0.3) is 0 Å². The number of nitrogens with zero attached hydrogens (tertiary/aromatic N) is 2. The molecule has 6 nitrogen and oxygen atoms in total. The van der Waals surface area contributed by atoms with Crippen LogP contribution in [0.15, 0.2) is 115 Å². The lowest BCUT2D eigenvalue weighted by molar-refractivity contribution is 0.417. The Morgan fingerprint density at radius 1 is 0.643 bits per heavy atom. The highest BCUT2D eigenvalue weighted by molar-refractivity contribution is 7.87. The minimum Gasteiger partial charge on any atom is -0.456 e. The number of para-hydroxylation sites is 2. The van der Waals surface area contributed by atoms with Gasteiger partial charge in [-0.15, -0.1) is 0 Å². The minimum absolute atomic E-state index is 0.290. The van der Waals surface area contributed by atoms with Gasteiger partial charge in [-0.3, -0.25) is 4.55 Å². The lowest BCUT2D eigenvalue weighted by Gasteiger charge is -2.39. The SMILES string of the molecule is CN(c1ccc2c(c1)Oc1cc(N(C)c3ccccc3Cl)ccc1C2(c1ccccc1)S(=O)(=O)O)c1ccccc1Cl. The number of halogens is 2. The maximum absolute atomic E-state index is 13.6. The Labute approximate surface area is 255 Å². The first-order valence-electron chi connectivity index (χ1n) is 13.1. The smallest absolute Gasteiger partial charge is 0.283 e. The van der Waals surface area contributed by atoms with Crippen molar-refractivity contribution in [3.8, 4) is 11.5 Å². The quantitative estimate of drug-likeness (QED) is 0.192. The van der Waals surface area contributed by atoms with Crippen molar-refractivity contribution in [2.45, 2.75) is 4.75 Å². The van der Waals surface area contributed by atoms with Crippen LogP contribution in [0.5, 0.6) is 11.5 Å². The van der Waals surface area contributed by atoms with E-state index in [1.54, 1.807) is 78.9 Å². The van der Waals surface area contributed by atoms with Gasteiger partial charge in [0.05, 0.1) is 21.4 Å². The van der Waals surface area contributed by atoms with E-state index in [-0.39, 0.29) is 11.5 Å². The summed E-state index contributed by atoms with van der Waals surface area (Å²) in [7, 11) is -1.07. The van der Waals surface area contributed by atoms with Crippen LogP contribution in [-0.4, -0.2) is 27.1 Å². The van der Waals surface area contributed by atoms with Gasteiger partial charge in [0.1, 0.15) is 11.5 Å². The van der Waals surface area contributed by atoms with E-state index in [9.17, 15) is 13.0 Å². The van der Waals surface area contributed by atoms with Gasteiger partial charge >= 0.3 is 0 Å². The lowest BCUT2D eigenvalue weighted by Crippen LogP contribution is -2.40. The molecule has 5 aromatic carbocycles. The highest BCUT2D eigenvalue weighted by atomic mass is 35.5. The van der Waals surface area contributed by atoms with Crippen molar-refractivity contribution in [3.63, 3.8) is 0 Å². The molecule has 6 rings (SSSR count). The molecule has 0 unspecified atom stereocenters. The highest BCUT2D eigenvalue weighted by Crippen LogP contribution is 2.56. The third-order valence-electron chi connectivity index (χ3n) is 7.68. The average Bonchev–Trinajstić information content (AvgIpc) is 2.99. The molecule has 0 saturated heterocycles. The summed E-state index contributed by atoms with van der Waals surface area (Å²) in [6.45, 7) is 0. The summed E-state index contributed by atoms with van der Waals surface area (Å²) in [6.07, 6.45) is 0. The van der Waals surface area contributed by atoms with E-state index in [1.807, 2.05) is 60.3 Å². The number of rotatable bonds is 6. The number of benzene rings is 5. The summed E-state index contributed by atoms with van der Waals surface area (Å²) < 4.78 is 42.9. The van der Waals surface area contributed by atoms with Crippen LogP contribution in [0.1, 0.15) is 16.7 Å². The van der Waals surface area contributed by atoms with Crippen LogP contribution >= 0.6 is 23.2 Å². The Balaban J connectivity index is 1.58. The second-order valence-electron chi connectivity index (χ2n) is 10.0. The van der Waals surface area contributed by atoms with Crippen LogP contribution in [0.2, 0.25) is 10.0 Å². The third kappa shape index (κ3) is 4.50. The predicted octanol–water partition coefficient (Wildman–Crippen LogP) is 8.81. The molecule has 0 aromatic heterocycles. The Morgan fingerprint density at radius 2 is 1.07 bits per heavy atom. The van der Waals surface area contributed by atoms with Gasteiger partial charge in [-0.05, 0) is 42.0 Å². The first-order chi connectivity index (χ1) is 20.1. The summed E-state index contributed by atoms with van der Waals surface area (Å²) in [5.74, 6) is 0.579. The number of hydrogen-bond acceptors (Lipinski definition) is 5. The Kier molecular flexibility index (Phi) is 7.15. The lowest BCUT2D eigenvalue weighted by atomic mass is 9.81. The van der Waals surface area contributed by atoms with E-state index in [1.165, 1.54) is 0 Å². The molecule has 0 amide bonds. The molecule has 1 N–H and O–H groups in total. The van der Waals surface area contributed by atoms with Crippen LogP contribution in [-0.2, 0) is 14.9 Å². The fraction of sp³-hybridized carbons (Fsp3) is 0.0909. The number of hydrogen-bond donors (Lipinski definition) is 1. The van der Waals surface area contributed by atoms with Gasteiger partial charge in [0.2, 0.25) is 0 Å². The third-order valence-corrected chi connectivity index (χ3v) is 9.77. The molecule has 0 bridgehead atoms. The van der Waals surface area contributed by atoms with E-state index >= 15 is 0 Å². The Hall–Kier alpha value is -4.01. The van der Waals surface area contributed by atoms with Gasteiger partial charge < -0.3 is 14.5 Å². The fourth-order valence-corrected chi connectivity index (χ4v) is 7.44. The molecule has 0 atom stereocenters. The van der Waals surface area contributed by atoms with Crippen molar-refractivity contribution in [3.05, 3.63) is 142 Å². The summed E-state index contributed by atoms with van der Waals surface area (Å²) in [4.78, 5) is 3.78. The molecule has 0 aliphatic carbocycles. The molecule has 0 radical (unpaired) electrons. The molecule has 0 saturated carbocycles. The second kappa shape index (κ2) is 10.7. The zero-order valence-electron chi connectivity index (χ0n) is 22.7. The predicted molar refractivity (Wildman–Crippen MR) is 170 cm³/mol. The number of fused-ring (bicyclic) bond motifs is 2. The highest BCUT2D eigenvalue weighted by Gasteiger charge is 2.54. The monoisotopic (exact) mass is 616 g/mol. The van der Waals surface area contributed by atoms with E-state index < -0.39 is 14.9 Å². The zero-order valence-corrected chi connectivity index (χ0v) is 25.0. The average molecular weight is 618 g/mol. The summed E-state index contributed by atoms with van der Waals surface area (Å²) in [5.41, 5.74) is 3.95. The van der Waals surface area contributed by atoms with Crippen molar-refractivity contribution in [2.75, 3.05) is 23.9 Å². The van der Waals surface area contributed by atoms with Gasteiger partial charge in [-0.1, -0.05) is 89.9 Å². The maximum Gasteiger partial charge on any atom is 0.283 e. The Bertz CT molecular complexity index is 1810. The standard InChI is InChI=1S/C33H26Cl2N2O4S/c1-36(29-14-8-6-12-27(29)34)23-16-18-25-31(20-23)41-32-21-24(37(2)30-15-9-7-13-28(30)35)17-19-26(32)33(25,42(38,39)40)22-10-4-3-5-11-22/h3-21H,1-2H3,(H,38,39,40). The van der Waals surface area contributed by atoms with E-state index in [0.29, 0.717) is 38.1 Å². The second-order valence-corrected chi connectivity index (χ2v) is 12.4. The number of anilines is 4. The molecule has 212 valence electrons. The largest absolute Gasteiger partial charge is 0.456 e. The van der Waals surface area contributed by atoms with E-state index in [4.69, 9.17) is 27.9 Å². The van der Waals surface area contributed by atoms with Crippen LogP contribution < -0.4 is 14.5 Å². The van der Waals surface area contributed by atoms with Crippen LogP contribution in [0.3, 0.4) is 0 Å². The van der Waals surface area contributed by atoms with Gasteiger partial charge in [0, 0.05) is 48.7 Å². The topological polar surface area (TPSA) is 70.1 Å². The first kappa shape index (κ1) is 28.1. The summed E-state index contributed by atoms with van der Waals surface area (Å²) >= 11 is 12.9. The van der Waals surface area contributed by atoms with Crippen molar-refractivity contribution >= 4 is 56.1 Å². The van der Waals surface area contributed by atoms with Gasteiger partial charge in [0.15, 0.2) is 4.75 Å². The maximum atomic E-state index is 13.6. The summed E-state index contributed by atoms with van der Waals surface area (Å²) in [6, 6.07) is 34.0. The van der Waals surface area contributed by atoms with Gasteiger partial charge in [0.25, 0.3) is 10.1 Å². The minimum atomic E-state index is -4.80. The molecule has 5 aromatic rings. The molecule has 9 heteroatoms. The Morgan fingerprint density at radius 3 is 1.50 bits per heavy atom. The number of ether oxygens (including phenoxy) is 1. The van der Waals surface area contributed by atoms with E-state index in [2.05, 4.69) is 0 Å². The van der Waals surface area contributed by atoms with E-state index in [0.717, 1.165) is 11.4 Å². The molecule has 1 aliphatic rings. The zero-order chi connectivity index (χ0) is 29.6. The van der Waals surface area contributed by atoms with Crippen LogP contribution in [0.4, 0.5) is 22.7 Å². The van der Waals surface area contributed by atoms with Crippen molar-refractivity contribution < 1.29 is 17.7 Å². The molecule has 42 heavy (non-hydrogen) atoms.